The average Bonchev–Trinajstić information content (AvgIpc) is 2.46. The van der Waals surface area contributed by atoms with Crippen LogP contribution in [0.1, 0.15) is 31.9 Å². The molecular formula is C14H17N3O4S. The molecule has 1 amide bonds. The van der Waals surface area contributed by atoms with Crippen LogP contribution in [0.2, 0.25) is 0 Å². The lowest BCUT2D eigenvalue weighted by Gasteiger charge is -2.22. The number of carbonyl (C=O) groups excluding carboxylic acids is 1. The minimum Gasteiger partial charge on any atom is -0.481 e. The lowest BCUT2D eigenvalue weighted by molar-refractivity contribution is -0.138. The number of nitrogens with zero attached hydrogens (tertiary/aromatic N) is 2. The second-order valence-corrected chi connectivity index (χ2v) is 5.71. The van der Waals surface area contributed by atoms with E-state index in [-0.39, 0.29) is 25.0 Å². The molecule has 0 saturated heterocycles. The predicted octanol–water partition coefficient (Wildman–Crippen LogP) is 1.62. The molecule has 118 valence electrons. The molecule has 1 aromatic rings. The second kappa shape index (κ2) is 7.77. The highest BCUT2D eigenvalue weighted by Gasteiger charge is 2.30. The number of aliphatic hydroxyl groups is 1. The molecule has 0 fully saturated rings. The van der Waals surface area contributed by atoms with Crippen molar-refractivity contribution in [2.24, 2.45) is 0 Å². The first kappa shape index (κ1) is 17.9. The van der Waals surface area contributed by atoms with Crippen LogP contribution in [0.4, 0.5) is 5.69 Å². The van der Waals surface area contributed by atoms with Crippen LogP contribution in [0.3, 0.4) is 0 Å². The van der Waals surface area contributed by atoms with E-state index in [1.54, 1.807) is 12.3 Å². The van der Waals surface area contributed by atoms with Crippen LogP contribution >= 0.6 is 11.8 Å². The van der Waals surface area contributed by atoms with Crippen molar-refractivity contribution in [2.45, 2.75) is 36.7 Å². The van der Waals surface area contributed by atoms with Gasteiger partial charge in [-0.15, -0.1) is 11.8 Å². The summed E-state index contributed by atoms with van der Waals surface area (Å²) in [5.74, 6) is -1.62. The van der Waals surface area contributed by atoms with Gasteiger partial charge >= 0.3 is 5.97 Å². The topological polar surface area (TPSA) is 123 Å². The molecule has 7 nitrogen and oxygen atoms in total. The summed E-state index contributed by atoms with van der Waals surface area (Å²) in [6.07, 6.45) is 3.23. The number of nitrogens with one attached hydrogen (secondary N) is 1. The maximum absolute atomic E-state index is 12.1. The largest absolute Gasteiger partial charge is 0.481 e. The van der Waals surface area contributed by atoms with Gasteiger partial charge in [0.2, 0.25) is 0 Å². The molecule has 1 heterocycles. The van der Waals surface area contributed by atoms with Gasteiger partial charge in [0.1, 0.15) is 11.7 Å². The van der Waals surface area contributed by atoms with E-state index in [2.05, 4.69) is 10.3 Å². The predicted molar refractivity (Wildman–Crippen MR) is 81.5 cm³/mol. The van der Waals surface area contributed by atoms with Crippen molar-refractivity contribution in [1.29, 1.82) is 5.26 Å². The number of hydrogen-bond donors (Lipinski definition) is 3. The molecule has 1 aromatic heterocycles. The highest BCUT2D eigenvalue weighted by atomic mass is 32.2. The molecule has 1 unspecified atom stereocenters. The van der Waals surface area contributed by atoms with Gasteiger partial charge in [0.25, 0.3) is 5.91 Å². The SMILES string of the molecule is CSc1cc(NC(=O)C(C)(O)CCCC(=O)O)cnc1C#N. The Kier molecular flexibility index (Phi) is 6.34. The molecule has 8 heteroatoms. The third-order valence-corrected chi connectivity index (χ3v) is 3.73. The summed E-state index contributed by atoms with van der Waals surface area (Å²) in [7, 11) is 0. The summed E-state index contributed by atoms with van der Waals surface area (Å²) >= 11 is 1.32. The van der Waals surface area contributed by atoms with Crippen molar-refractivity contribution in [3.8, 4) is 6.07 Å². The van der Waals surface area contributed by atoms with E-state index in [4.69, 9.17) is 10.4 Å². The Morgan fingerprint density at radius 3 is 2.77 bits per heavy atom. The summed E-state index contributed by atoms with van der Waals surface area (Å²) in [5, 5.41) is 30.1. The minimum atomic E-state index is -1.68. The maximum Gasteiger partial charge on any atom is 0.303 e. The Balaban J connectivity index is 2.75. The summed E-state index contributed by atoms with van der Waals surface area (Å²) in [6, 6.07) is 3.54. The monoisotopic (exact) mass is 323 g/mol. The van der Waals surface area contributed by atoms with Crippen LogP contribution in [0.15, 0.2) is 17.2 Å². The number of pyridine rings is 1. The van der Waals surface area contributed by atoms with Gasteiger partial charge < -0.3 is 15.5 Å². The van der Waals surface area contributed by atoms with Crippen LogP contribution in [-0.2, 0) is 9.59 Å². The van der Waals surface area contributed by atoms with Crippen LogP contribution < -0.4 is 5.32 Å². The van der Waals surface area contributed by atoms with Gasteiger partial charge in [-0.05, 0) is 32.1 Å². The van der Waals surface area contributed by atoms with Gasteiger partial charge in [-0.1, -0.05) is 0 Å². The molecule has 0 aliphatic heterocycles. The van der Waals surface area contributed by atoms with E-state index in [1.807, 2.05) is 6.07 Å². The van der Waals surface area contributed by atoms with Gasteiger partial charge in [-0.2, -0.15) is 5.26 Å². The first-order valence-electron chi connectivity index (χ1n) is 6.50. The molecule has 0 aliphatic carbocycles. The third-order valence-electron chi connectivity index (χ3n) is 2.98. The quantitative estimate of drug-likeness (QED) is 0.651. The first-order chi connectivity index (χ1) is 10.3. The number of carboxylic acids is 1. The van der Waals surface area contributed by atoms with E-state index >= 15 is 0 Å². The molecule has 3 N–H and O–H groups in total. The lowest BCUT2D eigenvalue weighted by Crippen LogP contribution is -2.40. The van der Waals surface area contributed by atoms with Gasteiger partial charge in [-0.3, -0.25) is 9.59 Å². The van der Waals surface area contributed by atoms with Crippen LogP contribution in [-0.4, -0.2) is 38.9 Å². The van der Waals surface area contributed by atoms with E-state index in [0.717, 1.165) is 0 Å². The third kappa shape index (κ3) is 5.02. The maximum atomic E-state index is 12.1. The Hall–Kier alpha value is -2.11. The van der Waals surface area contributed by atoms with Crippen molar-refractivity contribution >= 4 is 29.3 Å². The number of carboxylic acid groups (broad SMARTS) is 1. The first-order valence-corrected chi connectivity index (χ1v) is 7.72. The average molecular weight is 323 g/mol. The van der Waals surface area contributed by atoms with Crippen molar-refractivity contribution in [3.05, 3.63) is 18.0 Å². The molecule has 0 radical (unpaired) electrons. The number of anilines is 1. The Morgan fingerprint density at radius 2 is 2.23 bits per heavy atom. The zero-order valence-corrected chi connectivity index (χ0v) is 13.1. The second-order valence-electron chi connectivity index (χ2n) is 4.86. The number of nitriles is 1. The van der Waals surface area contributed by atoms with Crippen molar-refractivity contribution in [2.75, 3.05) is 11.6 Å². The summed E-state index contributed by atoms with van der Waals surface area (Å²) in [5.41, 5.74) is -1.05. The number of carbonyl (C=O) groups is 2. The lowest BCUT2D eigenvalue weighted by atomic mass is 9.98. The number of thioether (sulfide) groups is 1. The number of hydrogen-bond acceptors (Lipinski definition) is 6. The zero-order valence-electron chi connectivity index (χ0n) is 12.3. The van der Waals surface area contributed by atoms with Crippen LogP contribution in [0.5, 0.6) is 0 Å². The summed E-state index contributed by atoms with van der Waals surface area (Å²) in [4.78, 5) is 27.1. The molecule has 0 saturated carbocycles. The Bertz CT molecular complexity index is 611. The molecule has 0 aromatic carbocycles. The smallest absolute Gasteiger partial charge is 0.303 e. The Morgan fingerprint density at radius 1 is 1.55 bits per heavy atom. The summed E-state index contributed by atoms with van der Waals surface area (Å²) < 4.78 is 0. The molecule has 22 heavy (non-hydrogen) atoms. The van der Waals surface area contributed by atoms with Gasteiger partial charge in [0.05, 0.1) is 11.9 Å². The molecule has 1 rings (SSSR count). The fraction of sp³-hybridized carbons (Fsp3) is 0.429. The highest BCUT2D eigenvalue weighted by molar-refractivity contribution is 7.98. The van der Waals surface area contributed by atoms with E-state index in [9.17, 15) is 14.7 Å². The molecule has 0 bridgehead atoms. The number of rotatable bonds is 7. The molecule has 0 aliphatic rings. The standard InChI is InChI=1S/C14H17N3O4S/c1-14(21,5-3-4-12(18)19)13(20)17-9-6-11(22-2)10(7-15)16-8-9/h6,8,21H,3-5H2,1-2H3,(H,17,20)(H,18,19). The number of aromatic nitrogens is 1. The van der Waals surface area contributed by atoms with Crippen molar-refractivity contribution < 1.29 is 19.8 Å². The molecule has 1 atom stereocenters. The highest BCUT2D eigenvalue weighted by Crippen LogP contribution is 2.23. The van der Waals surface area contributed by atoms with E-state index < -0.39 is 17.5 Å². The molecular weight excluding hydrogens is 306 g/mol. The van der Waals surface area contributed by atoms with Gasteiger partial charge in [0.15, 0.2) is 5.69 Å². The number of aliphatic carboxylic acids is 1. The van der Waals surface area contributed by atoms with Crippen molar-refractivity contribution in [1.82, 2.24) is 4.98 Å². The van der Waals surface area contributed by atoms with Crippen molar-refractivity contribution in [3.63, 3.8) is 0 Å². The minimum absolute atomic E-state index is 0.0320. The normalized spacial score (nSPS) is 13.0. The van der Waals surface area contributed by atoms with E-state index in [1.165, 1.54) is 24.9 Å². The number of amides is 1. The van der Waals surface area contributed by atoms with Gasteiger partial charge in [0, 0.05) is 11.3 Å². The molecule has 0 spiro atoms. The van der Waals surface area contributed by atoms with E-state index in [0.29, 0.717) is 10.6 Å². The summed E-state index contributed by atoms with van der Waals surface area (Å²) in [6.45, 7) is 1.33. The Labute approximate surface area is 132 Å². The van der Waals surface area contributed by atoms with Crippen LogP contribution in [0.25, 0.3) is 0 Å². The van der Waals surface area contributed by atoms with Crippen LogP contribution in [0, 0.1) is 11.3 Å². The van der Waals surface area contributed by atoms with Gasteiger partial charge in [-0.25, -0.2) is 4.98 Å². The zero-order chi connectivity index (χ0) is 16.8. The fourth-order valence-electron chi connectivity index (χ4n) is 1.72. The fourth-order valence-corrected chi connectivity index (χ4v) is 2.25.